The summed E-state index contributed by atoms with van der Waals surface area (Å²) < 4.78 is 1.26. The lowest BCUT2D eigenvalue weighted by molar-refractivity contribution is 1.26. The SMILES string of the molecule is c1ccc(-c2ccc(N(c3ccc(-c4cc5ccccc5c5c4ccc4ccccc45)cc3)c3cnc4sc5ccccc5c4c3)cc2)cc1. The van der Waals surface area contributed by atoms with Crippen molar-refractivity contribution in [1.82, 2.24) is 4.98 Å². The number of anilines is 3. The molecule has 10 aromatic rings. The quantitative estimate of drug-likeness (QED) is 0.172. The Kier molecular flexibility index (Phi) is 6.71. The second-order valence-electron chi connectivity index (χ2n) is 12.8. The van der Waals surface area contributed by atoms with Crippen LogP contribution in [0.1, 0.15) is 0 Å². The van der Waals surface area contributed by atoms with Gasteiger partial charge in [0.2, 0.25) is 0 Å². The first-order valence-electron chi connectivity index (χ1n) is 17.0. The van der Waals surface area contributed by atoms with E-state index in [9.17, 15) is 0 Å². The predicted molar refractivity (Wildman–Crippen MR) is 215 cm³/mol. The van der Waals surface area contributed by atoms with Crippen LogP contribution in [0.4, 0.5) is 17.1 Å². The lowest BCUT2D eigenvalue weighted by Gasteiger charge is -2.26. The molecule has 0 spiro atoms. The molecule has 0 radical (unpaired) electrons. The van der Waals surface area contributed by atoms with Crippen LogP contribution in [0.5, 0.6) is 0 Å². The highest BCUT2D eigenvalue weighted by molar-refractivity contribution is 7.25. The van der Waals surface area contributed by atoms with Crippen molar-refractivity contribution in [3.8, 4) is 22.3 Å². The number of aromatic nitrogens is 1. The molecule has 0 fully saturated rings. The van der Waals surface area contributed by atoms with E-state index in [1.54, 1.807) is 11.3 Å². The van der Waals surface area contributed by atoms with Crippen molar-refractivity contribution < 1.29 is 0 Å². The van der Waals surface area contributed by atoms with Gasteiger partial charge in [-0.3, -0.25) is 0 Å². The summed E-state index contributed by atoms with van der Waals surface area (Å²) in [4.78, 5) is 8.36. The number of pyridine rings is 1. The molecule has 0 aliphatic rings. The molecular formula is C47H30N2S. The maximum atomic E-state index is 4.99. The van der Waals surface area contributed by atoms with E-state index in [2.05, 4.69) is 181 Å². The minimum Gasteiger partial charge on any atom is -0.309 e. The summed E-state index contributed by atoms with van der Waals surface area (Å²) in [5, 5.41) is 10.1. The third kappa shape index (κ3) is 4.74. The minimum absolute atomic E-state index is 1.03. The Balaban J connectivity index is 1.13. The second-order valence-corrected chi connectivity index (χ2v) is 13.8. The Labute approximate surface area is 294 Å². The Morgan fingerprint density at radius 2 is 1.00 bits per heavy atom. The van der Waals surface area contributed by atoms with E-state index in [1.165, 1.54) is 70.0 Å². The van der Waals surface area contributed by atoms with Crippen molar-refractivity contribution in [2.24, 2.45) is 0 Å². The standard InChI is InChI=1S/C47H30N2S/c1-2-10-31(11-3-1)32-18-23-36(24-19-32)49(38-29-44-41-16-8-9-17-45(41)50-47(44)48-30-38)37-25-20-34(21-26-37)43-28-35-13-5-7-15-40(35)46-39-14-6-4-12-33(39)22-27-42(43)46/h1-30H. The van der Waals surface area contributed by atoms with E-state index in [1.807, 2.05) is 6.20 Å². The summed E-state index contributed by atoms with van der Waals surface area (Å²) in [5.74, 6) is 0. The fraction of sp³-hybridized carbons (Fsp3) is 0. The zero-order valence-electron chi connectivity index (χ0n) is 27.1. The first-order chi connectivity index (χ1) is 24.8. The van der Waals surface area contributed by atoms with Gasteiger partial charge in [0, 0.05) is 26.8 Å². The van der Waals surface area contributed by atoms with Gasteiger partial charge in [0.1, 0.15) is 4.83 Å². The average Bonchev–Trinajstić information content (AvgIpc) is 3.56. The molecule has 3 heteroatoms. The van der Waals surface area contributed by atoms with Gasteiger partial charge < -0.3 is 4.90 Å². The Hall–Kier alpha value is -6.29. The Morgan fingerprint density at radius 1 is 0.400 bits per heavy atom. The van der Waals surface area contributed by atoms with Gasteiger partial charge in [-0.05, 0) is 97.0 Å². The highest BCUT2D eigenvalue weighted by Crippen LogP contribution is 2.42. The molecular weight excluding hydrogens is 625 g/mol. The fourth-order valence-corrected chi connectivity index (χ4v) is 8.53. The number of rotatable bonds is 5. The van der Waals surface area contributed by atoms with Gasteiger partial charge >= 0.3 is 0 Å². The van der Waals surface area contributed by atoms with Crippen molar-refractivity contribution in [1.29, 1.82) is 0 Å². The number of benzene rings is 8. The van der Waals surface area contributed by atoms with Gasteiger partial charge in [0.05, 0.1) is 11.9 Å². The van der Waals surface area contributed by atoms with Crippen LogP contribution in [-0.2, 0) is 0 Å². The average molecular weight is 655 g/mol. The molecule has 0 aliphatic carbocycles. The molecule has 234 valence electrons. The monoisotopic (exact) mass is 654 g/mol. The zero-order chi connectivity index (χ0) is 33.0. The summed E-state index contributed by atoms with van der Waals surface area (Å²) in [6.45, 7) is 0. The predicted octanol–water partition coefficient (Wildman–Crippen LogP) is 13.7. The van der Waals surface area contributed by atoms with Crippen molar-refractivity contribution in [3.05, 3.63) is 182 Å². The summed E-state index contributed by atoms with van der Waals surface area (Å²) in [5.41, 5.74) is 8.03. The van der Waals surface area contributed by atoms with E-state index in [4.69, 9.17) is 4.98 Å². The first-order valence-corrected chi connectivity index (χ1v) is 17.8. The normalized spacial score (nSPS) is 11.6. The second kappa shape index (κ2) is 11.7. The molecule has 0 N–H and O–H groups in total. The zero-order valence-corrected chi connectivity index (χ0v) is 27.9. The van der Waals surface area contributed by atoms with Crippen LogP contribution < -0.4 is 4.90 Å². The largest absolute Gasteiger partial charge is 0.309 e. The number of fused-ring (bicyclic) bond motifs is 8. The minimum atomic E-state index is 1.03. The van der Waals surface area contributed by atoms with Crippen LogP contribution in [0, 0.1) is 0 Å². The van der Waals surface area contributed by atoms with Crippen LogP contribution in [0.3, 0.4) is 0 Å². The van der Waals surface area contributed by atoms with Crippen LogP contribution in [0.15, 0.2) is 182 Å². The Bertz CT molecular complexity index is 2840. The maximum absolute atomic E-state index is 4.99. The fourth-order valence-electron chi connectivity index (χ4n) is 7.50. The van der Waals surface area contributed by atoms with Gasteiger partial charge in [0.25, 0.3) is 0 Å². The van der Waals surface area contributed by atoms with Crippen LogP contribution >= 0.6 is 11.3 Å². The number of thiophene rings is 1. The van der Waals surface area contributed by atoms with Gasteiger partial charge in [0.15, 0.2) is 0 Å². The molecule has 50 heavy (non-hydrogen) atoms. The molecule has 2 heterocycles. The van der Waals surface area contributed by atoms with Gasteiger partial charge in [-0.25, -0.2) is 4.98 Å². The van der Waals surface area contributed by atoms with Crippen LogP contribution in [0.2, 0.25) is 0 Å². The number of nitrogens with zero attached hydrogens (tertiary/aromatic N) is 2. The van der Waals surface area contributed by atoms with E-state index in [0.717, 1.165) is 21.9 Å². The van der Waals surface area contributed by atoms with Crippen molar-refractivity contribution in [2.45, 2.75) is 0 Å². The highest BCUT2D eigenvalue weighted by Gasteiger charge is 2.17. The lowest BCUT2D eigenvalue weighted by Crippen LogP contribution is -2.10. The highest BCUT2D eigenvalue weighted by atomic mass is 32.1. The molecule has 0 aliphatic heterocycles. The van der Waals surface area contributed by atoms with Crippen LogP contribution in [-0.4, -0.2) is 4.98 Å². The van der Waals surface area contributed by atoms with Gasteiger partial charge in [-0.2, -0.15) is 0 Å². The Morgan fingerprint density at radius 3 is 1.76 bits per heavy atom. The van der Waals surface area contributed by atoms with Crippen molar-refractivity contribution in [3.63, 3.8) is 0 Å². The molecule has 0 saturated heterocycles. The number of hydrogen-bond donors (Lipinski definition) is 0. The summed E-state index contributed by atoms with van der Waals surface area (Å²) in [6, 6.07) is 63.7. The van der Waals surface area contributed by atoms with E-state index in [-0.39, 0.29) is 0 Å². The van der Waals surface area contributed by atoms with E-state index >= 15 is 0 Å². The third-order valence-electron chi connectivity index (χ3n) is 9.90. The molecule has 0 unspecified atom stereocenters. The summed E-state index contributed by atoms with van der Waals surface area (Å²) >= 11 is 1.75. The third-order valence-corrected chi connectivity index (χ3v) is 11.0. The molecule has 0 atom stereocenters. The molecule has 0 bridgehead atoms. The molecule has 2 aromatic heterocycles. The summed E-state index contributed by atoms with van der Waals surface area (Å²) in [7, 11) is 0. The molecule has 2 nitrogen and oxygen atoms in total. The van der Waals surface area contributed by atoms with Gasteiger partial charge in [-0.1, -0.05) is 133 Å². The van der Waals surface area contributed by atoms with Crippen LogP contribution in [0.25, 0.3) is 74.9 Å². The number of hydrogen-bond acceptors (Lipinski definition) is 3. The first kappa shape index (κ1) is 28.7. The van der Waals surface area contributed by atoms with Crippen molar-refractivity contribution >= 4 is 81.0 Å². The van der Waals surface area contributed by atoms with Gasteiger partial charge in [-0.15, -0.1) is 11.3 Å². The molecule has 0 saturated carbocycles. The van der Waals surface area contributed by atoms with E-state index < -0.39 is 0 Å². The summed E-state index contributed by atoms with van der Waals surface area (Å²) in [6.07, 6.45) is 2.01. The lowest BCUT2D eigenvalue weighted by atomic mass is 9.90. The maximum Gasteiger partial charge on any atom is 0.124 e. The van der Waals surface area contributed by atoms with E-state index in [0.29, 0.717) is 0 Å². The molecule has 10 rings (SSSR count). The topological polar surface area (TPSA) is 16.1 Å². The molecule has 8 aromatic carbocycles. The van der Waals surface area contributed by atoms with Crippen molar-refractivity contribution in [2.75, 3.05) is 4.90 Å². The molecule has 0 amide bonds. The smallest absolute Gasteiger partial charge is 0.124 e.